The quantitative estimate of drug-likeness (QED) is 0.462. The number of hydrogen-bond donors (Lipinski definition) is 1. The van der Waals surface area contributed by atoms with Crippen molar-refractivity contribution in [3.05, 3.63) is 47.5 Å². The third-order valence-electron chi connectivity index (χ3n) is 4.56. The van der Waals surface area contributed by atoms with Crippen LogP contribution in [0.4, 0.5) is 4.39 Å². The lowest BCUT2D eigenvalue weighted by molar-refractivity contribution is 0.0695. The van der Waals surface area contributed by atoms with E-state index < -0.39 is 20.0 Å². The van der Waals surface area contributed by atoms with Crippen molar-refractivity contribution < 1.29 is 18.7 Å². The van der Waals surface area contributed by atoms with Crippen LogP contribution in [0.15, 0.2) is 29.1 Å². The number of ether oxygens (including phenoxy) is 1. The number of nitrogens with zero attached hydrogens (tertiary/aromatic N) is 3. The zero-order valence-corrected chi connectivity index (χ0v) is 17.2. The van der Waals surface area contributed by atoms with Crippen LogP contribution in [0, 0.1) is 5.82 Å². The molecule has 3 aromatic rings. The van der Waals surface area contributed by atoms with E-state index in [0.29, 0.717) is 29.8 Å². The van der Waals surface area contributed by atoms with E-state index >= 15 is 0 Å². The van der Waals surface area contributed by atoms with Crippen molar-refractivity contribution in [2.24, 2.45) is 0 Å². The molecule has 0 spiro atoms. The van der Waals surface area contributed by atoms with E-state index in [-0.39, 0.29) is 12.3 Å². The number of aromatic nitrogens is 3. The summed E-state index contributed by atoms with van der Waals surface area (Å²) in [6, 6.07) is 3.92. The zero-order valence-electron chi connectivity index (χ0n) is 16.2. The maximum atomic E-state index is 14.1. The van der Waals surface area contributed by atoms with Crippen LogP contribution < -0.4 is 0 Å². The number of rotatable bonds is 8. The normalized spacial score (nSPS) is 13.4. The smallest absolute Gasteiger partial charge is 0.170 e. The number of benzene rings is 1. The Morgan fingerprint density at radius 2 is 2.11 bits per heavy atom. The van der Waals surface area contributed by atoms with Crippen LogP contribution in [0.1, 0.15) is 30.0 Å². The number of aliphatic hydroxyl groups is 1. The van der Waals surface area contributed by atoms with Crippen LogP contribution in [0.3, 0.4) is 0 Å². The van der Waals surface area contributed by atoms with Gasteiger partial charge in [0, 0.05) is 20.1 Å². The van der Waals surface area contributed by atoms with Crippen molar-refractivity contribution in [2.45, 2.75) is 51.9 Å². The van der Waals surface area contributed by atoms with E-state index in [9.17, 15) is 9.50 Å². The molecule has 0 bridgehead atoms. The van der Waals surface area contributed by atoms with E-state index in [4.69, 9.17) is 9.15 Å². The summed E-state index contributed by atoms with van der Waals surface area (Å²) in [5, 5.41) is 15.7. The van der Waals surface area contributed by atoms with E-state index in [1.807, 2.05) is 6.92 Å². The summed E-state index contributed by atoms with van der Waals surface area (Å²) in [5.74, 6) is -0.0871. The molecule has 0 saturated carbocycles. The molecule has 2 aromatic heterocycles. The van der Waals surface area contributed by atoms with Gasteiger partial charge in [0.15, 0.2) is 17.2 Å². The predicted octanol–water partition coefficient (Wildman–Crippen LogP) is 4.12. The first-order valence-corrected chi connectivity index (χ1v) is 12.8. The third-order valence-corrected chi connectivity index (χ3v) is 6.26. The van der Waals surface area contributed by atoms with Gasteiger partial charge in [-0.1, -0.05) is 32.6 Å². The van der Waals surface area contributed by atoms with E-state index in [2.05, 4.69) is 29.7 Å². The van der Waals surface area contributed by atoms with Crippen molar-refractivity contribution in [3.63, 3.8) is 0 Å². The average molecular weight is 392 g/mol. The lowest BCUT2D eigenvalue weighted by Crippen LogP contribution is -2.22. The number of aliphatic hydroxyl groups excluding tert-OH is 1. The van der Waals surface area contributed by atoms with Crippen LogP contribution >= 0.6 is 0 Å². The predicted molar refractivity (Wildman–Crippen MR) is 104 cm³/mol. The van der Waals surface area contributed by atoms with Crippen molar-refractivity contribution >= 4 is 19.0 Å². The van der Waals surface area contributed by atoms with Crippen LogP contribution in [0.5, 0.6) is 0 Å². The van der Waals surface area contributed by atoms with Gasteiger partial charge in [0.1, 0.15) is 19.2 Å². The van der Waals surface area contributed by atoms with Gasteiger partial charge in [0.05, 0.1) is 6.26 Å². The summed E-state index contributed by atoms with van der Waals surface area (Å²) in [5.41, 5.74) is 1.55. The van der Waals surface area contributed by atoms with Gasteiger partial charge in [-0.3, -0.25) is 0 Å². The SMILES string of the molecule is CCc1coc2c(F)ccc(C(O)c3ncnn3COCC[Si](C)(C)C)c12. The molecular formula is C19H26FN3O3Si. The van der Waals surface area contributed by atoms with Gasteiger partial charge in [0.25, 0.3) is 0 Å². The number of aryl methyl sites for hydroxylation is 1. The summed E-state index contributed by atoms with van der Waals surface area (Å²) in [6.07, 6.45) is 2.53. The van der Waals surface area contributed by atoms with E-state index in [1.54, 1.807) is 6.07 Å². The van der Waals surface area contributed by atoms with Gasteiger partial charge in [-0.05, 0) is 29.7 Å². The molecule has 1 unspecified atom stereocenters. The van der Waals surface area contributed by atoms with Crippen LogP contribution in [-0.2, 0) is 17.9 Å². The molecule has 1 atom stereocenters. The van der Waals surface area contributed by atoms with Gasteiger partial charge in [-0.25, -0.2) is 14.1 Å². The Labute approximate surface area is 159 Å². The Morgan fingerprint density at radius 3 is 2.81 bits per heavy atom. The summed E-state index contributed by atoms with van der Waals surface area (Å²) >= 11 is 0. The standard InChI is InChI=1S/C19H26FN3O3Si/c1-5-13-10-26-18-15(20)7-6-14(16(13)18)17(24)19-21-11-22-23(19)12-25-8-9-27(2,3)4/h6-7,10-11,17,24H,5,8-9,12H2,1-4H3. The highest BCUT2D eigenvalue weighted by Gasteiger charge is 2.23. The molecule has 146 valence electrons. The molecule has 0 aliphatic carbocycles. The first-order chi connectivity index (χ1) is 12.8. The fourth-order valence-electron chi connectivity index (χ4n) is 2.95. The second-order valence-electron chi connectivity index (χ2n) is 7.82. The monoisotopic (exact) mass is 391 g/mol. The van der Waals surface area contributed by atoms with E-state index in [1.165, 1.54) is 23.3 Å². The topological polar surface area (TPSA) is 73.3 Å². The lowest BCUT2D eigenvalue weighted by atomic mass is 10.00. The molecule has 1 N–H and O–H groups in total. The molecular weight excluding hydrogens is 365 g/mol. The molecule has 0 aliphatic rings. The summed E-state index contributed by atoms with van der Waals surface area (Å²) < 4.78 is 26.7. The highest BCUT2D eigenvalue weighted by Crippen LogP contribution is 2.33. The summed E-state index contributed by atoms with van der Waals surface area (Å²) in [4.78, 5) is 4.20. The molecule has 3 rings (SSSR count). The molecule has 0 radical (unpaired) electrons. The highest BCUT2D eigenvalue weighted by molar-refractivity contribution is 6.76. The molecule has 27 heavy (non-hydrogen) atoms. The first-order valence-electron chi connectivity index (χ1n) is 9.14. The fourth-order valence-corrected chi connectivity index (χ4v) is 3.71. The number of furan rings is 1. The number of fused-ring (bicyclic) bond motifs is 1. The molecule has 8 heteroatoms. The van der Waals surface area contributed by atoms with Crippen molar-refractivity contribution in [1.82, 2.24) is 14.8 Å². The van der Waals surface area contributed by atoms with Gasteiger partial charge in [0.2, 0.25) is 0 Å². The minimum absolute atomic E-state index is 0.154. The Morgan fingerprint density at radius 1 is 1.33 bits per heavy atom. The summed E-state index contributed by atoms with van der Waals surface area (Å²) in [7, 11) is -1.17. The van der Waals surface area contributed by atoms with Crippen molar-refractivity contribution in [3.8, 4) is 0 Å². The minimum atomic E-state index is -1.17. The van der Waals surface area contributed by atoms with Gasteiger partial charge >= 0.3 is 0 Å². The molecule has 6 nitrogen and oxygen atoms in total. The van der Waals surface area contributed by atoms with E-state index in [0.717, 1.165) is 11.6 Å². The maximum absolute atomic E-state index is 14.1. The molecule has 0 fully saturated rings. The Bertz CT molecular complexity index is 917. The first kappa shape index (κ1) is 19.7. The Kier molecular flexibility index (Phi) is 5.78. The zero-order chi connectivity index (χ0) is 19.6. The maximum Gasteiger partial charge on any atom is 0.170 e. The van der Waals surface area contributed by atoms with Crippen molar-refractivity contribution in [2.75, 3.05) is 6.61 Å². The average Bonchev–Trinajstić information content (AvgIpc) is 3.25. The fraction of sp³-hybridized carbons (Fsp3) is 0.474. The second-order valence-corrected chi connectivity index (χ2v) is 13.4. The second kappa shape index (κ2) is 7.91. The number of halogens is 1. The van der Waals surface area contributed by atoms with Crippen LogP contribution in [0.2, 0.25) is 25.7 Å². The molecule has 1 aromatic carbocycles. The minimum Gasteiger partial charge on any atom is -0.461 e. The van der Waals surface area contributed by atoms with Crippen LogP contribution in [-0.4, -0.2) is 34.6 Å². The molecule has 0 aliphatic heterocycles. The van der Waals surface area contributed by atoms with Crippen LogP contribution in [0.25, 0.3) is 11.0 Å². The summed E-state index contributed by atoms with van der Waals surface area (Å²) in [6.45, 7) is 9.69. The Hall–Kier alpha value is -2.03. The molecule has 0 amide bonds. The lowest BCUT2D eigenvalue weighted by Gasteiger charge is -2.17. The number of hydrogen-bond acceptors (Lipinski definition) is 5. The van der Waals surface area contributed by atoms with Crippen molar-refractivity contribution in [1.29, 1.82) is 0 Å². The molecule has 0 saturated heterocycles. The van der Waals surface area contributed by atoms with Gasteiger partial charge in [-0.2, -0.15) is 5.10 Å². The third kappa shape index (κ3) is 4.28. The van der Waals surface area contributed by atoms with Gasteiger partial charge in [-0.15, -0.1) is 0 Å². The largest absolute Gasteiger partial charge is 0.461 e. The Balaban J connectivity index is 1.84. The highest BCUT2D eigenvalue weighted by atomic mass is 28.3. The molecule has 2 heterocycles. The van der Waals surface area contributed by atoms with Gasteiger partial charge < -0.3 is 14.3 Å².